The maximum absolute atomic E-state index is 11.8. The number of nitrogens with one attached hydrogen (secondary N) is 1. The normalized spacial score (nSPS) is 15.9. The summed E-state index contributed by atoms with van der Waals surface area (Å²) < 4.78 is 7.53. The van der Waals surface area contributed by atoms with Crippen molar-refractivity contribution in [1.29, 1.82) is 0 Å². The minimum Gasteiger partial charge on any atom is -0.464 e. The number of hydroxylamine groups is 1. The zero-order valence-electron chi connectivity index (χ0n) is 13.3. The monoisotopic (exact) mass is 352 g/mol. The number of anilines is 1. The molecule has 3 aromatic rings. The van der Waals surface area contributed by atoms with Crippen LogP contribution in [0.5, 0.6) is 0 Å². The molecule has 1 aliphatic rings. The van der Waals surface area contributed by atoms with Gasteiger partial charge in [0.1, 0.15) is 5.76 Å². The lowest BCUT2D eigenvalue weighted by Gasteiger charge is -2.25. The number of amides is 1. The van der Waals surface area contributed by atoms with Crippen molar-refractivity contribution in [2.45, 2.75) is 17.4 Å². The minimum absolute atomic E-state index is 0.136. The summed E-state index contributed by atoms with van der Waals surface area (Å²) in [5, 5.41) is 8.91. The fourth-order valence-corrected chi connectivity index (χ4v) is 4.20. The molecule has 1 unspecified atom stereocenters. The Balaban J connectivity index is 1.65. The fourth-order valence-electron chi connectivity index (χ4n) is 3.00. The molecule has 2 N–H and O–H groups in total. The smallest absolute Gasteiger partial charge is 0.245 e. The van der Waals surface area contributed by atoms with E-state index < -0.39 is 5.91 Å². The Morgan fingerprint density at radius 1 is 1.12 bits per heavy atom. The number of furan rings is 1. The lowest BCUT2D eigenvalue weighted by atomic mass is 10.0. The first-order valence-electron chi connectivity index (χ1n) is 7.89. The summed E-state index contributed by atoms with van der Waals surface area (Å²) in [6, 6.07) is 19.7. The molecule has 1 aliphatic heterocycles. The molecule has 2 aromatic carbocycles. The second kappa shape index (κ2) is 6.66. The number of nitrogens with zero attached hydrogens (tertiary/aromatic N) is 1. The molecule has 0 fully saturated rings. The lowest BCUT2D eigenvalue weighted by molar-refractivity contribution is -0.129. The molecule has 0 bridgehead atoms. The van der Waals surface area contributed by atoms with Gasteiger partial charge in [-0.15, -0.1) is 0 Å². The van der Waals surface area contributed by atoms with Crippen LogP contribution in [0.1, 0.15) is 18.0 Å². The van der Waals surface area contributed by atoms with E-state index in [1.54, 1.807) is 23.7 Å². The molecule has 1 amide bonds. The number of carbonyl (C=O) groups excluding carboxylic acids is 1. The van der Waals surface area contributed by atoms with Crippen molar-refractivity contribution in [3.8, 4) is 11.3 Å². The van der Waals surface area contributed by atoms with Gasteiger partial charge in [0, 0.05) is 16.1 Å². The summed E-state index contributed by atoms with van der Waals surface area (Å²) in [5.74, 6) is 0.416. The Kier molecular flexibility index (Phi) is 4.21. The van der Waals surface area contributed by atoms with Crippen LogP contribution in [0.4, 0.5) is 5.69 Å². The Hall–Kier alpha value is -2.70. The molecule has 126 valence electrons. The van der Waals surface area contributed by atoms with Crippen molar-refractivity contribution in [3.05, 3.63) is 72.5 Å². The van der Waals surface area contributed by atoms with Crippen LogP contribution < -0.4 is 9.79 Å². The third-order valence-corrected chi connectivity index (χ3v) is 5.42. The predicted molar refractivity (Wildman–Crippen MR) is 96.2 cm³/mol. The van der Waals surface area contributed by atoms with Gasteiger partial charge >= 0.3 is 0 Å². The number of benzene rings is 2. The molecule has 0 radical (unpaired) electrons. The zero-order chi connectivity index (χ0) is 17.2. The number of hydrogen-bond acceptors (Lipinski definition) is 5. The van der Waals surface area contributed by atoms with Crippen molar-refractivity contribution in [2.24, 2.45) is 0 Å². The molecule has 2 heterocycles. The molecule has 1 atom stereocenters. The van der Waals surface area contributed by atoms with Crippen molar-refractivity contribution in [1.82, 2.24) is 5.48 Å². The van der Waals surface area contributed by atoms with E-state index in [9.17, 15) is 4.79 Å². The highest BCUT2D eigenvalue weighted by molar-refractivity contribution is 8.01. The maximum Gasteiger partial charge on any atom is 0.245 e. The van der Waals surface area contributed by atoms with E-state index in [4.69, 9.17) is 9.62 Å². The van der Waals surface area contributed by atoms with Crippen molar-refractivity contribution >= 4 is 23.5 Å². The summed E-state index contributed by atoms with van der Waals surface area (Å²) >= 11 is 1.60. The van der Waals surface area contributed by atoms with Gasteiger partial charge in [0.2, 0.25) is 5.91 Å². The Labute approximate surface area is 149 Å². The van der Waals surface area contributed by atoms with Gasteiger partial charge in [-0.05, 0) is 60.0 Å². The number of hydrogen-bond donors (Lipinski definition) is 2. The molecule has 0 saturated carbocycles. The van der Waals surface area contributed by atoms with E-state index in [-0.39, 0.29) is 12.5 Å². The van der Waals surface area contributed by atoms with Gasteiger partial charge < -0.3 is 8.72 Å². The average molecular weight is 352 g/mol. The Morgan fingerprint density at radius 3 is 2.64 bits per heavy atom. The first kappa shape index (κ1) is 15.8. The molecule has 4 rings (SSSR count). The molecule has 0 saturated heterocycles. The van der Waals surface area contributed by atoms with Crippen molar-refractivity contribution in [2.75, 3.05) is 4.31 Å². The van der Waals surface area contributed by atoms with E-state index in [1.807, 2.05) is 60.7 Å². The highest BCUT2D eigenvalue weighted by Gasteiger charge is 2.33. The van der Waals surface area contributed by atoms with E-state index >= 15 is 0 Å². The first-order chi connectivity index (χ1) is 12.3. The zero-order valence-corrected chi connectivity index (χ0v) is 14.1. The Bertz CT molecular complexity index is 878. The van der Waals surface area contributed by atoms with Crippen molar-refractivity contribution < 1.29 is 14.4 Å². The molecule has 25 heavy (non-hydrogen) atoms. The SMILES string of the molecule is O=C(CC1c2ccccc2SN1c1ccc(-c2ccco2)cc1)NO. The lowest BCUT2D eigenvalue weighted by Crippen LogP contribution is -2.26. The van der Waals surface area contributed by atoms with Gasteiger partial charge in [0.15, 0.2) is 0 Å². The topological polar surface area (TPSA) is 65.7 Å². The summed E-state index contributed by atoms with van der Waals surface area (Å²) in [4.78, 5) is 12.9. The van der Waals surface area contributed by atoms with Gasteiger partial charge in [-0.3, -0.25) is 10.0 Å². The van der Waals surface area contributed by atoms with Crippen LogP contribution >= 0.6 is 11.9 Å². The van der Waals surface area contributed by atoms with E-state index in [2.05, 4.69) is 4.31 Å². The highest BCUT2D eigenvalue weighted by atomic mass is 32.2. The molecular formula is C19H16N2O3S. The fraction of sp³-hybridized carbons (Fsp3) is 0.105. The van der Waals surface area contributed by atoms with Gasteiger partial charge in [-0.1, -0.05) is 18.2 Å². The van der Waals surface area contributed by atoms with Gasteiger partial charge in [0.25, 0.3) is 0 Å². The predicted octanol–water partition coefficient (Wildman–Crippen LogP) is 4.41. The first-order valence-corrected chi connectivity index (χ1v) is 8.66. The van der Waals surface area contributed by atoms with Crippen LogP contribution in [0, 0.1) is 0 Å². The summed E-state index contributed by atoms with van der Waals surface area (Å²) in [6.45, 7) is 0. The van der Waals surface area contributed by atoms with Crippen molar-refractivity contribution in [3.63, 3.8) is 0 Å². The van der Waals surface area contributed by atoms with E-state index in [0.717, 1.165) is 27.5 Å². The minimum atomic E-state index is -0.403. The largest absolute Gasteiger partial charge is 0.464 e. The average Bonchev–Trinajstić information content (AvgIpc) is 3.30. The highest BCUT2D eigenvalue weighted by Crippen LogP contribution is 2.48. The second-order valence-corrected chi connectivity index (χ2v) is 6.75. The van der Waals surface area contributed by atoms with E-state index in [0.29, 0.717) is 0 Å². The number of fused-ring (bicyclic) bond motifs is 1. The van der Waals surface area contributed by atoms with Crippen LogP contribution in [0.25, 0.3) is 11.3 Å². The van der Waals surface area contributed by atoms with E-state index in [1.165, 1.54) is 0 Å². The Morgan fingerprint density at radius 2 is 1.92 bits per heavy atom. The summed E-state index contributed by atoms with van der Waals surface area (Å²) in [7, 11) is 0. The summed E-state index contributed by atoms with van der Waals surface area (Å²) in [6.07, 6.45) is 1.83. The molecule has 0 spiro atoms. The quantitative estimate of drug-likeness (QED) is 0.414. The van der Waals surface area contributed by atoms with Crippen LogP contribution in [0.2, 0.25) is 0 Å². The standard InChI is InChI=1S/C19H16N2O3S/c22-19(20-23)12-16-15-4-1-2-6-18(15)25-21(16)14-9-7-13(8-10-14)17-5-3-11-24-17/h1-11,16,23H,12H2,(H,20,22). The van der Waals surface area contributed by atoms with Crippen LogP contribution in [0.3, 0.4) is 0 Å². The molecular weight excluding hydrogens is 336 g/mol. The number of rotatable bonds is 4. The van der Waals surface area contributed by atoms with Gasteiger partial charge in [-0.2, -0.15) is 0 Å². The van der Waals surface area contributed by atoms with Gasteiger partial charge in [-0.25, -0.2) is 5.48 Å². The molecule has 6 heteroatoms. The summed E-state index contributed by atoms with van der Waals surface area (Å²) in [5.41, 5.74) is 4.82. The molecule has 1 aromatic heterocycles. The van der Waals surface area contributed by atoms with Crippen LogP contribution in [0.15, 0.2) is 76.2 Å². The second-order valence-electron chi connectivity index (χ2n) is 5.73. The maximum atomic E-state index is 11.8. The molecule has 5 nitrogen and oxygen atoms in total. The van der Waals surface area contributed by atoms with Crippen LogP contribution in [-0.4, -0.2) is 11.1 Å². The third-order valence-electron chi connectivity index (χ3n) is 4.19. The van der Waals surface area contributed by atoms with Gasteiger partial charge in [0.05, 0.1) is 18.7 Å². The molecule has 0 aliphatic carbocycles. The number of carbonyl (C=O) groups is 1. The third kappa shape index (κ3) is 3.01. The van der Waals surface area contributed by atoms with Crippen LogP contribution in [-0.2, 0) is 4.79 Å².